The van der Waals surface area contributed by atoms with Crippen molar-refractivity contribution in [3.05, 3.63) is 54.1 Å². The number of amides is 1. The molecule has 29 heavy (non-hydrogen) atoms. The van der Waals surface area contributed by atoms with Gasteiger partial charge in [-0.25, -0.2) is 21.6 Å². The average Bonchev–Trinajstić information content (AvgIpc) is 2.62. The fraction of sp³-hybridized carbons (Fsp3) is 0.316. The summed E-state index contributed by atoms with van der Waals surface area (Å²) < 4.78 is 53.1. The number of nitrogens with one attached hydrogen (secondary N) is 3. The summed E-state index contributed by atoms with van der Waals surface area (Å²) in [5.74, 6) is -0.456. The second-order valence-corrected chi connectivity index (χ2v) is 10.3. The summed E-state index contributed by atoms with van der Waals surface area (Å²) in [5, 5.41) is 2.66. The summed E-state index contributed by atoms with van der Waals surface area (Å²) in [5.41, 5.74) is 1.02. The van der Waals surface area contributed by atoms with E-state index >= 15 is 0 Å². The molecular formula is C19H25N3O5S2. The molecule has 0 aliphatic rings. The molecule has 0 spiro atoms. The van der Waals surface area contributed by atoms with Crippen molar-refractivity contribution in [1.82, 2.24) is 4.72 Å². The van der Waals surface area contributed by atoms with Gasteiger partial charge < -0.3 is 5.32 Å². The zero-order valence-corrected chi connectivity index (χ0v) is 18.1. The van der Waals surface area contributed by atoms with Gasteiger partial charge in [-0.2, -0.15) is 0 Å². The Labute approximate surface area is 171 Å². The molecule has 0 saturated heterocycles. The van der Waals surface area contributed by atoms with Gasteiger partial charge in [-0.3, -0.25) is 9.52 Å². The number of benzene rings is 2. The lowest BCUT2D eigenvalue weighted by atomic mass is 10.2. The van der Waals surface area contributed by atoms with Crippen molar-refractivity contribution >= 4 is 37.3 Å². The van der Waals surface area contributed by atoms with E-state index in [4.69, 9.17) is 0 Å². The topological polar surface area (TPSA) is 121 Å². The summed E-state index contributed by atoms with van der Waals surface area (Å²) in [6.07, 6.45) is 0.505. The van der Waals surface area contributed by atoms with Crippen molar-refractivity contribution in [2.75, 3.05) is 15.8 Å². The molecule has 0 radical (unpaired) electrons. The largest absolute Gasteiger partial charge is 0.322 e. The quantitative estimate of drug-likeness (QED) is 0.555. The van der Waals surface area contributed by atoms with E-state index in [-0.39, 0.29) is 22.3 Å². The zero-order valence-electron chi connectivity index (χ0n) is 16.5. The van der Waals surface area contributed by atoms with Gasteiger partial charge in [0.05, 0.1) is 10.6 Å². The molecule has 0 saturated carbocycles. The van der Waals surface area contributed by atoms with Gasteiger partial charge in [0, 0.05) is 23.0 Å². The zero-order chi connectivity index (χ0) is 21.7. The third-order valence-electron chi connectivity index (χ3n) is 3.69. The van der Waals surface area contributed by atoms with E-state index in [2.05, 4.69) is 14.8 Å². The molecule has 0 atom stereocenters. The molecule has 2 aromatic rings. The van der Waals surface area contributed by atoms with E-state index in [1.807, 2.05) is 0 Å². The van der Waals surface area contributed by atoms with E-state index < -0.39 is 26.0 Å². The van der Waals surface area contributed by atoms with Crippen LogP contribution in [-0.4, -0.2) is 34.5 Å². The summed E-state index contributed by atoms with van der Waals surface area (Å²) in [6.45, 7) is 5.19. The summed E-state index contributed by atoms with van der Waals surface area (Å²) >= 11 is 0. The number of hydrogen-bond acceptors (Lipinski definition) is 5. The van der Waals surface area contributed by atoms with Crippen LogP contribution in [0.25, 0.3) is 0 Å². The van der Waals surface area contributed by atoms with Crippen molar-refractivity contribution in [2.45, 2.75) is 38.1 Å². The Hall–Kier alpha value is -2.43. The molecule has 0 aliphatic carbocycles. The Morgan fingerprint density at radius 3 is 2.17 bits per heavy atom. The van der Waals surface area contributed by atoms with Gasteiger partial charge in [-0.05, 0) is 62.7 Å². The van der Waals surface area contributed by atoms with E-state index in [9.17, 15) is 21.6 Å². The third kappa shape index (κ3) is 6.84. The first kappa shape index (κ1) is 22.9. The second-order valence-electron chi connectivity index (χ2n) is 6.76. The predicted molar refractivity (Wildman–Crippen MR) is 114 cm³/mol. The first-order valence-electron chi connectivity index (χ1n) is 9.07. The highest BCUT2D eigenvalue weighted by Crippen LogP contribution is 2.17. The van der Waals surface area contributed by atoms with E-state index in [0.29, 0.717) is 17.8 Å². The minimum atomic E-state index is -3.71. The van der Waals surface area contributed by atoms with Crippen LogP contribution in [0, 0.1) is 0 Å². The fourth-order valence-corrected chi connectivity index (χ4v) is 4.94. The first-order chi connectivity index (χ1) is 13.5. The third-order valence-corrected chi connectivity index (χ3v) is 6.84. The molecule has 2 aromatic carbocycles. The van der Waals surface area contributed by atoms with Crippen LogP contribution < -0.4 is 14.8 Å². The number of carbonyl (C=O) groups is 1. The normalized spacial score (nSPS) is 12.0. The van der Waals surface area contributed by atoms with Crippen LogP contribution in [0.4, 0.5) is 11.4 Å². The first-order valence-corrected chi connectivity index (χ1v) is 12.2. The number of anilines is 2. The Morgan fingerprint density at radius 1 is 0.966 bits per heavy atom. The summed E-state index contributed by atoms with van der Waals surface area (Å²) in [7, 11) is -7.10. The molecule has 1 amide bonds. The molecule has 0 unspecified atom stereocenters. The fourth-order valence-electron chi connectivity index (χ4n) is 2.51. The van der Waals surface area contributed by atoms with Gasteiger partial charge in [0.15, 0.2) is 0 Å². The lowest BCUT2D eigenvalue weighted by Crippen LogP contribution is -2.30. The monoisotopic (exact) mass is 439 g/mol. The van der Waals surface area contributed by atoms with Crippen LogP contribution in [-0.2, 0) is 20.0 Å². The SMILES string of the molecule is CCCS(=O)(=O)Nc1ccc(NC(=O)c2cccc(S(=O)(=O)NC(C)C)c2)cc1. The molecule has 10 heteroatoms. The molecule has 0 bridgehead atoms. The molecule has 3 N–H and O–H groups in total. The Balaban J connectivity index is 2.12. The van der Waals surface area contributed by atoms with Crippen LogP contribution in [0.1, 0.15) is 37.6 Å². The minimum Gasteiger partial charge on any atom is -0.322 e. The lowest BCUT2D eigenvalue weighted by molar-refractivity contribution is 0.102. The van der Waals surface area contributed by atoms with Gasteiger partial charge in [0.2, 0.25) is 20.0 Å². The van der Waals surface area contributed by atoms with Crippen LogP contribution in [0.3, 0.4) is 0 Å². The molecule has 0 aliphatic heterocycles. The molecular weight excluding hydrogens is 414 g/mol. The Bertz CT molecular complexity index is 1060. The van der Waals surface area contributed by atoms with Crippen molar-refractivity contribution < 1.29 is 21.6 Å². The maximum Gasteiger partial charge on any atom is 0.255 e. The second kappa shape index (κ2) is 9.38. The maximum absolute atomic E-state index is 12.5. The van der Waals surface area contributed by atoms with Crippen molar-refractivity contribution in [1.29, 1.82) is 0 Å². The lowest BCUT2D eigenvalue weighted by Gasteiger charge is -2.11. The van der Waals surface area contributed by atoms with Gasteiger partial charge >= 0.3 is 0 Å². The Kier molecular flexibility index (Phi) is 7.39. The highest BCUT2D eigenvalue weighted by atomic mass is 32.2. The molecule has 0 aromatic heterocycles. The van der Waals surface area contributed by atoms with E-state index in [0.717, 1.165) is 0 Å². The standard InChI is InChI=1S/C19H25N3O5S2/c1-4-12-28(24,25)22-17-10-8-16(9-11-17)20-19(23)15-6-5-7-18(13-15)29(26,27)21-14(2)3/h5-11,13-14,21-22H,4,12H2,1-3H3,(H,20,23). The molecule has 0 heterocycles. The van der Waals surface area contributed by atoms with Gasteiger partial charge in [-0.15, -0.1) is 0 Å². The highest BCUT2D eigenvalue weighted by molar-refractivity contribution is 7.92. The molecule has 8 nitrogen and oxygen atoms in total. The highest BCUT2D eigenvalue weighted by Gasteiger charge is 2.17. The molecule has 2 rings (SSSR count). The van der Waals surface area contributed by atoms with Crippen LogP contribution >= 0.6 is 0 Å². The average molecular weight is 440 g/mol. The van der Waals surface area contributed by atoms with Crippen molar-refractivity contribution in [3.8, 4) is 0 Å². The van der Waals surface area contributed by atoms with Crippen LogP contribution in [0.2, 0.25) is 0 Å². The maximum atomic E-state index is 12.5. The van der Waals surface area contributed by atoms with Gasteiger partial charge in [0.1, 0.15) is 0 Å². The summed E-state index contributed by atoms with van der Waals surface area (Å²) in [6, 6.07) is 11.6. The van der Waals surface area contributed by atoms with Crippen molar-refractivity contribution in [3.63, 3.8) is 0 Å². The number of carbonyl (C=O) groups excluding carboxylic acids is 1. The van der Waals surface area contributed by atoms with Gasteiger partial charge in [0.25, 0.3) is 5.91 Å². The number of rotatable bonds is 9. The van der Waals surface area contributed by atoms with Crippen molar-refractivity contribution in [2.24, 2.45) is 0 Å². The van der Waals surface area contributed by atoms with E-state index in [1.54, 1.807) is 32.9 Å². The summed E-state index contributed by atoms with van der Waals surface area (Å²) in [4.78, 5) is 12.5. The number of sulfonamides is 2. The molecule has 158 valence electrons. The van der Waals surface area contributed by atoms with Gasteiger partial charge in [-0.1, -0.05) is 13.0 Å². The smallest absolute Gasteiger partial charge is 0.255 e. The molecule has 0 fully saturated rings. The Morgan fingerprint density at radius 2 is 1.59 bits per heavy atom. The van der Waals surface area contributed by atoms with E-state index in [1.165, 1.54) is 36.4 Å². The van der Waals surface area contributed by atoms with Crippen LogP contribution in [0.5, 0.6) is 0 Å². The van der Waals surface area contributed by atoms with Crippen LogP contribution in [0.15, 0.2) is 53.4 Å². The minimum absolute atomic E-state index is 0.000436. The number of hydrogen-bond donors (Lipinski definition) is 3. The predicted octanol–water partition coefficient (Wildman–Crippen LogP) is 2.78.